The number of aryl methyl sites for hydroxylation is 2. The first kappa shape index (κ1) is 13.5. The Labute approximate surface area is 114 Å². The van der Waals surface area contributed by atoms with Crippen LogP contribution >= 0.6 is 0 Å². The van der Waals surface area contributed by atoms with E-state index in [0.717, 1.165) is 23.2 Å². The van der Waals surface area contributed by atoms with Crippen molar-refractivity contribution in [3.63, 3.8) is 0 Å². The van der Waals surface area contributed by atoms with Crippen molar-refractivity contribution in [3.8, 4) is 0 Å². The van der Waals surface area contributed by atoms with Crippen molar-refractivity contribution in [1.29, 1.82) is 0 Å². The van der Waals surface area contributed by atoms with Gasteiger partial charge in [0.05, 0.1) is 11.7 Å². The van der Waals surface area contributed by atoms with E-state index in [1.807, 2.05) is 32.3 Å². The number of anilines is 1. The zero-order valence-electron chi connectivity index (χ0n) is 11.6. The molecule has 0 aliphatic rings. The molecule has 0 saturated heterocycles. The zero-order valence-corrected chi connectivity index (χ0v) is 11.6. The molecule has 0 spiro atoms. The third-order valence-corrected chi connectivity index (χ3v) is 3.40. The number of nitrogen functional groups attached to an aromatic ring is 1. The first-order valence-corrected chi connectivity index (χ1v) is 6.51. The van der Waals surface area contributed by atoms with E-state index in [0.29, 0.717) is 5.82 Å². The Bertz CT molecular complexity index is 546. The fraction of sp³-hybridized carbons (Fsp3) is 0.333. The lowest BCUT2D eigenvalue weighted by Gasteiger charge is -2.21. The lowest BCUT2D eigenvalue weighted by molar-refractivity contribution is 0.658. The Morgan fingerprint density at radius 1 is 1.26 bits per heavy atom. The molecular formula is C15H20N4. The van der Waals surface area contributed by atoms with Crippen LogP contribution in [0.15, 0.2) is 30.6 Å². The van der Waals surface area contributed by atoms with Gasteiger partial charge in [-0.2, -0.15) is 0 Å². The van der Waals surface area contributed by atoms with Gasteiger partial charge >= 0.3 is 0 Å². The summed E-state index contributed by atoms with van der Waals surface area (Å²) in [7, 11) is 1.92. The first-order chi connectivity index (χ1) is 9.19. The Morgan fingerprint density at radius 3 is 2.68 bits per heavy atom. The quantitative estimate of drug-likeness (QED) is 0.880. The van der Waals surface area contributed by atoms with Crippen LogP contribution in [0.2, 0.25) is 0 Å². The van der Waals surface area contributed by atoms with Gasteiger partial charge < -0.3 is 11.1 Å². The average molecular weight is 256 g/mol. The van der Waals surface area contributed by atoms with Gasteiger partial charge in [0.25, 0.3) is 0 Å². The molecule has 2 heterocycles. The van der Waals surface area contributed by atoms with Crippen molar-refractivity contribution in [2.75, 3.05) is 12.8 Å². The van der Waals surface area contributed by atoms with Crippen LogP contribution in [0, 0.1) is 6.92 Å². The summed E-state index contributed by atoms with van der Waals surface area (Å²) < 4.78 is 0. The minimum Gasteiger partial charge on any atom is -0.383 e. The SMILES string of the molecule is CCc1cccnc1C(NC)c1c(C)ccnc1N. The van der Waals surface area contributed by atoms with Gasteiger partial charge in [0.2, 0.25) is 0 Å². The zero-order chi connectivity index (χ0) is 13.8. The van der Waals surface area contributed by atoms with Gasteiger partial charge in [-0.3, -0.25) is 4.98 Å². The summed E-state index contributed by atoms with van der Waals surface area (Å²) in [4.78, 5) is 8.73. The Hall–Kier alpha value is -1.94. The summed E-state index contributed by atoms with van der Waals surface area (Å²) in [6, 6.07) is 6.03. The van der Waals surface area contributed by atoms with E-state index >= 15 is 0 Å². The van der Waals surface area contributed by atoms with Crippen LogP contribution in [0.25, 0.3) is 0 Å². The fourth-order valence-electron chi connectivity index (χ4n) is 2.39. The van der Waals surface area contributed by atoms with Crippen molar-refractivity contribution < 1.29 is 0 Å². The highest BCUT2D eigenvalue weighted by molar-refractivity contribution is 5.49. The second-order valence-electron chi connectivity index (χ2n) is 4.55. The van der Waals surface area contributed by atoms with E-state index in [-0.39, 0.29) is 6.04 Å². The molecule has 0 fully saturated rings. The topological polar surface area (TPSA) is 63.8 Å². The number of nitrogens with two attached hydrogens (primary N) is 1. The summed E-state index contributed by atoms with van der Waals surface area (Å²) in [5.41, 5.74) is 10.4. The van der Waals surface area contributed by atoms with Gasteiger partial charge in [-0.05, 0) is 43.7 Å². The molecule has 0 aliphatic heterocycles. The Balaban J connectivity index is 2.57. The molecule has 0 aromatic carbocycles. The predicted octanol–water partition coefficient (Wildman–Crippen LogP) is 2.24. The number of nitrogens with zero attached hydrogens (tertiary/aromatic N) is 2. The number of aromatic nitrogens is 2. The van der Waals surface area contributed by atoms with Crippen molar-refractivity contribution in [2.24, 2.45) is 0 Å². The van der Waals surface area contributed by atoms with Gasteiger partial charge in [0, 0.05) is 18.0 Å². The van der Waals surface area contributed by atoms with Crippen LogP contribution < -0.4 is 11.1 Å². The van der Waals surface area contributed by atoms with Gasteiger partial charge in [0.1, 0.15) is 5.82 Å². The van der Waals surface area contributed by atoms with E-state index in [2.05, 4.69) is 28.3 Å². The maximum absolute atomic E-state index is 6.05. The molecule has 3 N–H and O–H groups in total. The van der Waals surface area contributed by atoms with Crippen LogP contribution in [-0.4, -0.2) is 17.0 Å². The van der Waals surface area contributed by atoms with Crippen molar-refractivity contribution in [3.05, 3.63) is 53.0 Å². The fourth-order valence-corrected chi connectivity index (χ4v) is 2.39. The molecule has 2 rings (SSSR count). The molecule has 0 radical (unpaired) electrons. The number of hydrogen-bond acceptors (Lipinski definition) is 4. The monoisotopic (exact) mass is 256 g/mol. The molecule has 4 heteroatoms. The first-order valence-electron chi connectivity index (χ1n) is 6.51. The van der Waals surface area contributed by atoms with E-state index < -0.39 is 0 Å². The lowest BCUT2D eigenvalue weighted by atomic mass is 9.95. The normalized spacial score (nSPS) is 12.4. The molecule has 4 nitrogen and oxygen atoms in total. The minimum atomic E-state index is -0.0233. The third kappa shape index (κ3) is 2.58. The summed E-state index contributed by atoms with van der Waals surface area (Å²) in [6.07, 6.45) is 4.50. The van der Waals surface area contributed by atoms with Gasteiger partial charge in [-0.1, -0.05) is 13.0 Å². The average Bonchev–Trinajstić information content (AvgIpc) is 2.43. The minimum absolute atomic E-state index is 0.0233. The molecule has 0 amide bonds. The highest BCUT2D eigenvalue weighted by atomic mass is 14.9. The van der Waals surface area contributed by atoms with Gasteiger partial charge in [0.15, 0.2) is 0 Å². The van der Waals surface area contributed by atoms with Crippen molar-refractivity contribution in [1.82, 2.24) is 15.3 Å². The number of pyridine rings is 2. The largest absolute Gasteiger partial charge is 0.383 e. The van der Waals surface area contributed by atoms with Gasteiger partial charge in [-0.25, -0.2) is 4.98 Å². The molecule has 1 unspecified atom stereocenters. The van der Waals surface area contributed by atoms with Gasteiger partial charge in [-0.15, -0.1) is 0 Å². The standard InChI is InChI=1S/C15H20N4/c1-4-11-6-5-8-18-13(11)14(17-3)12-10(2)7-9-19-15(12)16/h5-9,14,17H,4H2,1-3H3,(H2,16,19). The summed E-state index contributed by atoms with van der Waals surface area (Å²) in [5.74, 6) is 0.562. The van der Waals surface area contributed by atoms with Crippen molar-refractivity contribution in [2.45, 2.75) is 26.3 Å². The van der Waals surface area contributed by atoms with Crippen LogP contribution in [0.1, 0.15) is 35.3 Å². The van der Waals surface area contributed by atoms with Crippen LogP contribution in [0.5, 0.6) is 0 Å². The molecule has 2 aromatic rings. The highest BCUT2D eigenvalue weighted by Gasteiger charge is 2.21. The molecular weight excluding hydrogens is 236 g/mol. The molecule has 100 valence electrons. The molecule has 1 atom stereocenters. The Morgan fingerprint density at radius 2 is 2.05 bits per heavy atom. The van der Waals surface area contributed by atoms with Crippen LogP contribution in [0.4, 0.5) is 5.82 Å². The van der Waals surface area contributed by atoms with E-state index in [9.17, 15) is 0 Å². The van der Waals surface area contributed by atoms with Crippen molar-refractivity contribution >= 4 is 5.82 Å². The number of rotatable bonds is 4. The molecule has 0 aliphatic carbocycles. The second kappa shape index (κ2) is 5.80. The molecule has 2 aromatic heterocycles. The van der Waals surface area contributed by atoms with Crippen LogP contribution in [-0.2, 0) is 6.42 Å². The van der Waals surface area contributed by atoms with E-state index in [1.54, 1.807) is 6.20 Å². The molecule has 0 saturated carbocycles. The summed E-state index contributed by atoms with van der Waals surface area (Å²) in [5, 5.41) is 3.31. The Kier molecular flexibility index (Phi) is 4.12. The predicted molar refractivity (Wildman–Crippen MR) is 77.9 cm³/mol. The van der Waals surface area contributed by atoms with Crippen LogP contribution in [0.3, 0.4) is 0 Å². The lowest BCUT2D eigenvalue weighted by Crippen LogP contribution is -2.23. The molecule has 0 bridgehead atoms. The maximum Gasteiger partial charge on any atom is 0.128 e. The smallest absolute Gasteiger partial charge is 0.128 e. The van der Waals surface area contributed by atoms with E-state index in [4.69, 9.17) is 5.73 Å². The number of nitrogens with one attached hydrogen (secondary N) is 1. The summed E-state index contributed by atoms with van der Waals surface area (Å²) >= 11 is 0. The maximum atomic E-state index is 6.05. The number of hydrogen-bond donors (Lipinski definition) is 2. The van der Waals surface area contributed by atoms with E-state index in [1.165, 1.54) is 5.56 Å². The summed E-state index contributed by atoms with van der Waals surface area (Å²) in [6.45, 7) is 4.18. The molecule has 19 heavy (non-hydrogen) atoms. The second-order valence-corrected chi connectivity index (χ2v) is 4.55. The third-order valence-electron chi connectivity index (χ3n) is 3.40. The highest BCUT2D eigenvalue weighted by Crippen LogP contribution is 2.28.